The lowest BCUT2D eigenvalue weighted by atomic mass is 9.97. The fraction of sp³-hybridized carbons (Fsp3) is 0.600. The molecule has 82 valence electrons. The maximum atomic E-state index is 9.64. The molecular formula is C10H14BrN3O. The number of piperidine rings is 1. The summed E-state index contributed by atoms with van der Waals surface area (Å²) >= 11 is 3.44. The molecule has 0 aliphatic carbocycles. The molecule has 1 aromatic rings. The molecule has 0 spiro atoms. The van der Waals surface area contributed by atoms with Crippen LogP contribution in [0.1, 0.15) is 13.3 Å². The van der Waals surface area contributed by atoms with Gasteiger partial charge in [-0.1, -0.05) is 6.92 Å². The van der Waals surface area contributed by atoms with Gasteiger partial charge in [0.25, 0.3) is 0 Å². The van der Waals surface area contributed by atoms with Crippen LogP contribution in [-0.2, 0) is 0 Å². The smallest absolute Gasteiger partial charge is 0.146 e. The lowest BCUT2D eigenvalue weighted by Gasteiger charge is -2.35. The lowest BCUT2D eigenvalue weighted by Crippen LogP contribution is -2.42. The first-order chi connectivity index (χ1) is 7.18. The molecule has 1 aromatic heterocycles. The predicted molar refractivity (Wildman–Crippen MR) is 61.7 cm³/mol. The van der Waals surface area contributed by atoms with E-state index in [2.05, 4.69) is 37.7 Å². The highest BCUT2D eigenvalue weighted by molar-refractivity contribution is 9.10. The predicted octanol–water partition coefficient (Wildman–Crippen LogP) is 1.45. The Kier molecular flexibility index (Phi) is 3.21. The second-order valence-electron chi connectivity index (χ2n) is 3.97. The second-order valence-corrected chi connectivity index (χ2v) is 4.83. The van der Waals surface area contributed by atoms with Gasteiger partial charge in [0, 0.05) is 19.3 Å². The van der Waals surface area contributed by atoms with Gasteiger partial charge in [-0.2, -0.15) is 0 Å². The van der Waals surface area contributed by atoms with E-state index < -0.39 is 0 Å². The van der Waals surface area contributed by atoms with Crippen molar-refractivity contribution in [2.75, 3.05) is 18.0 Å². The van der Waals surface area contributed by atoms with Crippen LogP contribution in [0.25, 0.3) is 0 Å². The zero-order chi connectivity index (χ0) is 10.8. The van der Waals surface area contributed by atoms with Crippen molar-refractivity contribution in [1.29, 1.82) is 0 Å². The van der Waals surface area contributed by atoms with Gasteiger partial charge in [-0.25, -0.2) is 9.97 Å². The van der Waals surface area contributed by atoms with Crippen molar-refractivity contribution in [2.24, 2.45) is 5.92 Å². The molecule has 2 heterocycles. The normalized spacial score (nSPS) is 26.7. The molecule has 1 N–H and O–H groups in total. The zero-order valence-corrected chi connectivity index (χ0v) is 10.2. The first kappa shape index (κ1) is 10.8. The number of aliphatic hydroxyl groups is 1. The largest absolute Gasteiger partial charge is 0.393 e. The van der Waals surface area contributed by atoms with Crippen LogP contribution in [0.4, 0.5) is 5.82 Å². The molecule has 0 bridgehead atoms. The Bertz CT molecular complexity index is 347. The Morgan fingerprint density at radius 2 is 2.40 bits per heavy atom. The van der Waals surface area contributed by atoms with Crippen molar-refractivity contribution < 1.29 is 5.11 Å². The Morgan fingerprint density at radius 1 is 1.60 bits per heavy atom. The summed E-state index contributed by atoms with van der Waals surface area (Å²) in [6.45, 7) is 3.75. The van der Waals surface area contributed by atoms with Crippen molar-refractivity contribution in [2.45, 2.75) is 19.4 Å². The molecule has 0 amide bonds. The molecule has 0 saturated carbocycles. The number of aromatic nitrogens is 2. The Morgan fingerprint density at radius 3 is 3.07 bits per heavy atom. The number of hydrogen-bond donors (Lipinski definition) is 1. The first-order valence-electron chi connectivity index (χ1n) is 5.07. The quantitative estimate of drug-likeness (QED) is 0.840. The molecule has 1 saturated heterocycles. The first-order valence-corrected chi connectivity index (χ1v) is 5.86. The number of anilines is 1. The standard InChI is InChI=1S/C10H14BrN3O/c1-7-5-14(3-2-9(7)15)10-8(11)4-12-6-13-10/h4,6-7,9,15H,2-3,5H2,1H3. The van der Waals surface area contributed by atoms with Crippen LogP contribution in [0.3, 0.4) is 0 Å². The average molecular weight is 272 g/mol. The molecule has 5 heteroatoms. The Balaban J connectivity index is 2.15. The minimum Gasteiger partial charge on any atom is -0.393 e. The molecule has 1 aliphatic heterocycles. The molecule has 0 aromatic carbocycles. The second kappa shape index (κ2) is 4.45. The Hall–Kier alpha value is -0.680. The van der Waals surface area contributed by atoms with Crippen LogP contribution in [0.15, 0.2) is 17.0 Å². The van der Waals surface area contributed by atoms with Gasteiger partial charge in [0.05, 0.1) is 10.6 Å². The summed E-state index contributed by atoms with van der Waals surface area (Å²) < 4.78 is 0.911. The molecule has 15 heavy (non-hydrogen) atoms. The summed E-state index contributed by atoms with van der Waals surface area (Å²) in [6.07, 6.45) is 3.92. The third kappa shape index (κ3) is 2.29. The lowest BCUT2D eigenvalue weighted by molar-refractivity contribution is 0.0968. The number of nitrogens with zero attached hydrogens (tertiary/aromatic N) is 3. The fourth-order valence-corrected chi connectivity index (χ4v) is 2.34. The molecule has 2 unspecified atom stereocenters. The van der Waals surface area contributed by atoms with Gasteiger partial charge in [-0.3, -0.25) is 0 Å². The van der Waals surface area contributed by atoms with Gasteiger partial charge in [-0.05, 0) is 28.3 Å². The molecular weight excluding hydrogens is 258 g/mol. The van der Waals surface area contributed by atoms with E-state index in [1.165, 1.54) is 0 Å². The summed E-state index contributed by atoms with van der Waals surface area (Å²) in [6, 6.07) is 0. The maximum Gasteiger partial charge on any atom is 0.146 e. The van der Waals surface area contributed by atoms with E-state index in [4.69, 9.17) is 0 Å². The summed E-state index contributed by atoms with van der Waals surface area (Å²) in [5.74, 6) is 1.21. The zero-order valence-electron chi connectivity index (χ0n) is 8.60. The van der Waals surface area contributed by atoms with Gasteiger partial charge in [-0.15, -0.1) is 0 Å². The molecule has 1 fully saturated rings. The highest BCUT2D eigenvalue weighted by Gasteiger charge is 2.25. The highest BCUT2D eigenvalue weighted by Crippen LogP contribution is 2.26. The van der Waals surface area contributed by atoms with Crippen LogP contribution in [-0.4, -0.2) is 34.3 Å². The van der Waals surface area contributed by atoms with E-state index in [-0.39, 0.29) is 6.10 Å². The van der Waals surface area contributed by atoms with Gasteiger partial charge in [0.1, 0.15) is 12.1 Å². The number of aliphatic hydroxyl groups excluding tert-OH is 1. The SMILES string of the molecule is CC1CN(c2ncncc2Br)CCC1O. The number of hydrogen-bond acceptors (Lipinski definition) is 4. The average Bonchev–Trinajstić information content (AvgIpc) is 2.23. The van der Waals surface area contributed by atoms with Gasteiger partial charge in [0.15, 0.2) is 0 Å². The fourth-order valence-electron chi connectivity index (χ4n) is 1.86. The van der Waals surface area contributed by atoms with Crippen molar-refractivity contribution >= 4 is 21.7 Å². The number of rotatable bonds is 1. The van der Waals surface area contributed by atoms with Crippen molar-refractivity contribution in [3.05, 3.63) is 17.0 Å². The van der Waals surface area contributed by atoms with Crippen LogP contribution in [0.2, 0.25) is 0 Å². The highest BCUT2D eigenvalue weighted by atomic mass is 79.9. The van der Waals surface area contributed by atoms with Crippen molar-refractivity contribution in [3.63, 3.8) is 0 Å². The maximum absolute atomic E-state index is 9.64. The summed E-state index contributed by atoms with van der Waals surface area (Å²) in [7, 11) is 0. The van der Waals surface area contributed by atoms with E-state index in [1.807, 2.05) is 0 Å². The van der Waals surface area contributed by atoms with E-state index in [1.54, 1.807) is 12.5 Å². The van der Waals surface area contributed by atoms with Gasteiger partial charge >= 0.3 is 0 Å². The van der Waals surface area contributed by atoms with Crippen LogP contribution in [0.5, 0.6) is 0 Å². The molecule has 4 nitrogen and oxygen atoms in total. The van der Waals surface area contributed by atoms with E-state index in [9.17, 15) is 5.11 Å². The molecule has 1 aliphatic rings. The third-order valence-corrected chi connectivity index (χ3v) is 3.37. The van der Waals surface area contributed by atoms with E-state index in [0.29, 0.717) is 5.92 Å². The van der Waals surface area contributed by atoms with Crippen molar-refractivity contribution in [1.82, 2.24) is 9.97 Å². The minimum absolute atomic E-state index is 0.179. The monoisotopic (exact) mass is 271 g/mol. The van der Waals surface area contributed by atoms with Crippen molar-refractivity contribution in [3.8, 4) is 0 Å². The van der Waals surface area contributed by atoms with Gasteiger partial charge in [0.2, 0.25) is 0 Å². The molecule has 2 atom stereocenters. The van der Waals surface area contributed by atoms with Crippen LogP contribution in [0, 0.1) is 5.92 Å². The summed E-state index contributed by atoms with van der Waals surface area (Å²) in [5, 5.41) is 9.64. The topological polar surface area (TPSA) is 49.2 Å². The molecule has 0 radical (unpaired) electrons. The van der Waals surface area contributed by atoms with E-state index in [0.717, 1.165) is 29.8 Å². The summed E-state index contributed by atoms with van der Waals surface area (Å²) in [5.41, 5.74) is 0. The minimum atomic E-state index is -0.179. The van der Waals surface area contributed by atoms with Crippen LogP contribution >= 0.6 is 15.9 Å². The van der Waals surface area contributed by atoms with E-state index >= 15 is 0 Å². The molecule has 2 rings (SSSR count). The van der Waals surface area contributed by atoms with Gasteiger partial charge < -0.3 is 10.0 Å². The number of halogens is 1. The third-order valence-electron chi connectivity index (χ3n) is 2.81. The Labute approximate surface area is 97.5 Å². The summed E-state index contributed by atoms with van der Waals surface area (Å²) in [4.78, 5) is 10.4. The van der Waals surface area contributed by atoms with Crippen LogP contribution < -0.4 is 4.90 Å².